The molecule has 1 atom stereocenters. The van der Waals surface area contributed by atoms with Gasteiger partial charge in [-0.05, 0) is 25.0 Å². The van der Waals surface area contributed by atoms with Crippen LogP contribution >= 0.6 is 0 Å². The van der Waals surface area contributed by atoms with Crippen LogP contribution < -0.4 is 4.74 Å². The summed E-state index contributed by atoms with van der Waals surface area (Å²) in [4.78, 5) is 0. The van der Waals surface area contributed by atoms with Crippen molar-refractivity contribution in [3.05, 3.63) is 30.3 Å². The van der Waals surface area contributed by atoms with E-state index in [4.69, 9.17) is 14.2 Å². The number of hydrogen-bond donors (Lipinski definition) is 0. The zero-order valence-corrected chi connectivity index (χ0v) is 10.6. The van der Waals surface area contributed by atoms with E-state index in [1.54, 1.807) is 0 Å². The van der Waals surface area contributed by atoms with Gasteiger partial charge in [0.05, 0.1) is 6.61 Å². The van der Waals surface area contributed by atoms with Crippen molar-refractivity contribution in [2.24, 2.45) is 0 Å². The third-order valence-corrected chi connectivity index (χ3v) is 3.71. The van der Waals surface area contributed by atoms with Crippen molar-refractivity contribution in [2.75, 3.05) is 13.2 Å². The first kappa shape index (κ1) is 12.0. The molecule has 1 saturated carbocycles. The van der Waals surface area contributed by atoms with Gasteiger partial charge in [-0.3, -0.25) is 0 Å². The molecular formula is C15H20O3. The third-order valence-electron chi connectivity index (χ3n) is 3.71. The molecule has 1 aliphatic carbocycles. The van der Waals surface area contributed by atoms with E-state index >= 15 is 0 Å². The average Bonchev–Trinajstić information content (AvgIpc) is 2.82. The molecule has 1 aromatic carbocycles. The van der Waals surface area contributed by atoms with Gasteiger partial charge in [0.1, 0.15) is 18.5 Å². The number of hydrogen-bond acceptors (Lipinski definition) is 3. The lowest BCUT2D eigenvalue weighted by Gasteiger charge is -2.31. The van der Waals surface area contributed by atoms with Crippen molar-refractivity contribution in [1.82, 2.24) is 0 Å². The van der Waals surface area contributed by atoms with E-state index in [0.717, 1.165) is 18.6 Å². The highest BCUT2D eigenvalue weighted by Crippen LogP contribution is 2.37. The summed E-state index contributed by atoms with van der Waals surface area (Å²) in [6.45, 7) is 1.23. The van der Waals surface area contributed by atoms with Gasteiger partial charge >= 0.3 is 0 Å². The molecule has 3 rings (SSSR count). The topological polar surface area (TPSA) is 27.7 Å². The van der Waals surface area contributed by atoms with Gasteiger partial charge < -0.3 is 14.2 Å². The van der Waals surface area contributed by atoms with Crippen LogP contribution in [-0.4, -0.2) is 25.1 Å². The molecule has 0 radical (unpaired) electrons. The molecule has 1 aromatic rings. The van der Waals surface area contributed by atoms with E-state index in [9.17, 15) is 0 Å². The van der Waals surface area contributed by atoms with Crippen LogP contribution in [0.3, 0.4) is 0 Å². The van der Waals surface area contributed by atoms with Crippen LogP contribution in [-0.2, 0) is 9.47 Å². The Balaban J connectivity index is 1.50. The minimum absolute atomic E-state index is 0.0725. The van der Waals surface area contributed by atoms with Gasteiger partial charge in [-0.1, -0.05) is 24.6 Å². The molecule has 18 heavy (non-hydrogen) atoms. The molecule has 98 valence electrons. The zero-order valence-electron chi connectivity index (χ0n) is 10.6. The molecule has 0 amide bonds. The predicted octanol–water partition coefficient (Wildman–Crippen LogP) is 3.14. The van der Waals surface area contributed by atoms with Crippen molar-refractivity contribution in [3.63, 3.8) is 0 Å². The van der Waals surface area contributed by atoms with Crippen molar-refractivity contribution in [2.45, 2.75) is 44.0 Å². The Morgan fingerprint density at radius 2 is 1.89 bits per heavy atom. The molecular weight excluding hydrogens is 228 g/mol. The van der Waals surface area contributed by atoms with Crippen LogP contribution in [0.15, 0.2) is 30.3 Å². The number of ether oxygens (including phenoxy) is 3. The summed E-state index contributed by atoms with van der Waals surface area (Å²) in [7, 11) is 0. The van der Waals surface area contributed by atoms with Gasteiger partial charge in [0, 0.05) is 12.8 Å². The predicted molar refractivity (Wildman–Crippen MR) is 68.6 cm³/mol. The normalized spacial score (nSPS) is 26.3. The van der Waals surface area contributed by atoms with Crippen LogP contribution in [0.2, 0.25) is 0 Å². The first-order chi connectivity index (χ1) is 8.86. The molecule has 1 heterocycles. The molecule has 2 aliphatic rings. The maximum absolute atomic E-state index is 6.06. The van der Waals surface area contributed by atoms with Gasteiger partial charge in [0.25, 0.3) is 0 Å². The largest absolute Gasteiger partial charge is 0.491 e. The zero-order chi connectivity index (χ0) is 12.3. The highest BCUT2D eigenvalue weighted by molar-refractivity contribution is 5.20. The van der Waals surface area contributed by atoms with Crippen molar-refractivity contribution in [3.8, 4) is 5.75 Å². The Morgan fingerprint density at radius 3 is 2.67 bits per heavy atom. The second-order valence-electron chi connectivity index (χ2n) is 5.15. The van der Waals surface area contributed by atoms with Gasteiger partial charge in [0.15, 0.2) is 5.79 Å². The fraction of sp³-hybridized carbons (Fsp3) is 0.600. The van der Waals surface area contributed by atoms with E-state index in [-0.39, 0.29) is 11.9 Å². The standard InChI is InChI=1S/C15H20O3/c1-3-7-13(8-4-1)16-11-14-12-17-15(18-14)9-5-2-6-10-15/h1,3-4,7-8,14H,2,5-6,9-12H2. The SMILES string of the molecule is c1ccc(OCC2COC3(CCCCC3)O2)cc1. The lowest BCUT2D eigenvalue weighted by Crippen LogP contribution is -2.34. The molecule has 3 nitrogen and oxygen atoms in total. The molecule has 3 heteroatoms. The average molecular weight is 248 g/mol. The van der Waals surface area contributed by atoms with Crippen LogP contribution in [0.4, 0.5) is 0 Å². The number of para-hydroxylation sites is 1. The van der Waals surface area contributed by atoms with Crippen LogP contribution in [0.25, 0.3) is 0 Å². The highest BCUT2D eigenvalue weighted by atomic mass is 16.7. The Hall–Kier alpha value is -1.06. The number of benzene rings is 1. The van der Waals surface area contributed by atoms with Gasteiger partial charge in [-0.15, -0.1) is 0 Å². The molecule has 1 unspecified atom stereocenters. The summed E-state index contributed by atoms with van der Waals surface area (Å²) in [5.74, 6) is 0.605. The number of rotatable bonds is 3. The van der Waals surface area contributed by atoms with Crippen molar-refractivity contribution >= 4 is 0 Å². The molecule has 0 aromatic heterocycles. The van der Waals surface area contributed by atoms with Crippen LogP contribution in [0, 0.1) is 0 Å². The van der Waals surface area contributed by atoms with Crippen LogP contribution in [0.5, 0.6) is 5.75 Å². The maximum Gasteiger partial charge on any atom is 0.169 e. The molecule has 1 saturated heterocycles. The quantitative estimate of drug-likeness (QED) is 0.822. The molecule has 0 bridgehead atoms. The molecule has 2 fully saturated rings. The van der Waals surface area contributed by atoms with Crippen molar-refractivity contribution in [1.29, 1.82) is 0 Å². The molecule has 1 aliphatic heterocycles. The van der Waals surface area contributed by atoms with Gasteiger partial charge in [-0.25, -0.2) is 0 Å². The van der Waals surface area contributed by atoms with Gasteiger partial charge in [0.2, 0.25) is 0 Å². The first-order valence-corrected chi connectivity index (χ1v) is 6.86. The fourth-order valence-corrected chi connectivity index (χ4v) is 2.76. The minimum atomic E-state index is -0.289. The van der Waals surface area contributed by atoms with Crippen LogP contribution in [0.1, 0.15) is 32.1 Å². The monoisotopic (exact) mass is 248 g/mol. The molecule has 1 spiro atoms. The van der Waals surface area contributed by atoms with E-state index in [1.165, 1.54) is 19.3 Å². The molecule has 0 N–H and O–H groups in total. The van der Waals surface area contributed by atoms with E-state index in [0.29, 0.717) is 13.2 Å². The Bertz CT molecular complexity index is 371. The second kappa shape index (κ2) is 5.29. The summed E-state index contributed by atoms with van der Waals surface area (Å²) in [5, 5.41) is 0. The van der Waals surface area contributed by atoms with Gasteiger partial charge in [-0.2, -0.15) is 0 Å². The Kier molecular flexibility index (Phi) is 3.52. The summed E-state index contributed by atoms with van der Waals surface area (Å²) in [6, 6.07) is 9.87. The third kappa shape index (κ3) is 2.68. The Morgan fingerprint density at radius 1 is 1.11 bits per heavy atom. The first-order valence-electron chi connectivity index (χ1n) is 6.86. The summed E-state index contributed by atoms with van der Waals surface area (Å²) in [6.07, 6.45) is 5.88. The van der Waals surface area contributed by atoms with E-state index < -0.39 is 0 Å². The fourth-order valence-electron chi connectivity index (χ4n) is 2.76. The second-order valence-corrected chi connectivity index (χ2v) is 5.15. The summed E-state index contributed by atoms with van der Waals surface area (Å²) in [5.41, 5.74) is 0. The Labute approximate surface area is 108 Å². The lowest BCUT2D eigenvalue weighted by molar-refractivity contribution is -0.189. The maximum atomic E-state index is 6.06. The smallest absolute Gasteiger partial charge is 0.169 e. The van der Waals surface area contributed by atoms with Crippen molar-refractivity contribution < 1.29 is 14.2 Å². The van der Waals surface area contributed by atoms with E-state index in [2.05, 4.69) is 0 Å². The summed E-state index contributed by atoms with van der Waals surface area (Å²) < 4.78 is 17.7. The minimum Gasteiger partial charge on any atom is -0.491 e. The summed E-state index contributed by atoms with van der Waals surface area (Å²) >= 11 is 0. The lowest BCUT2D eigenvalue weighted by atomic mass is 9.94. The highest BCUT2D eigenvalue weighted by Gasteiger charge is 2.42. The van der Waals surface area contributed by atoms with E-state index in [1.807, 2.05) is 30.3 Å².